The molecule has 0 spiro atoms. The molecule has 2 aromatic rings. The number of primary amides is 1. The normalized spacial score (nSPS) is 16.9. The van der Waals surface area contributed by atoms with Crippen LogP contribution in [0, 0.1) is 6.92 Å². The quantitative estimate of drug-likeness (QED) is 0.846. The summed E-state index contributed by atoms with van der Waals surface area (Å²) in [5, 5.41) is 4.10. The number of carbonyl (C=O) groups is 1. The van der Waals surface area contributed by atoms with Crippen LogP contribution in [0.3, 0.4) is 0 Å². The molecule has 20 heavy (non-hydrogen) atoms. The predicted octanol–water partition coefficient (Wildman–Crippen LogP) is 0.647. The van der Waals surface area contributed by atoms with E-state index in [-0.39, 0.29) is 5.54 Å². The van der Waals surface area contributed by atoms with Gasteiger partial charge in [-0.05, 0) is 32.3 Å². The van der Waals surface area contributed by atoms with Crippen molar-refractivity contribution in [2.45, 2.75) is 32.9 Å². The highest BCUT2D eigenvalue weighted by atomic mass is 32.1. The average molecular weight is 292 g/mol. The zero-order chi connectivity index (χ0) is 14.5. The number of imidazole rings is 1. The van der Waals surface area contributed by atoms with Crippen molar-refractivity contribution in [3.05, 3.63) is 17.2 Å². The number of nitrogens with one attached hydrogen (secondary N) is 1. The molecule has 0 bridgehead atoms. The van der Waals surface area contributed by atoms with Crippen LogP contribution < -0.4 is 11.1 Å². The van der Waals surface area contributed by atoms with Gasteiger partial charge in [0.1, 0.15) is 5.82 Å². The summed E-state index contributed by atoms with van der Waals surface area (Å²) < 4.78 is 6.20. The third-order valence-electron chi connectivity index (χ3n) is 3.41. The van der Waals surface area contributed by atoms with Crippen LogP contribution in [-0.2, 0) is 12.1 Å². The molecule has 8 heteroatoms. The third kappa shape index (κ3) is 1.92. The van der Waals surface area contributed by atoms with Crippen molar-refractivity contribution < 1.29 is 4.79 Å². The molecular formula is C12H16N6OS. The van der Waals surface area contributed by atoms with Crippen LogP contribution in [0.2, 0.25) is 0 Å². The van der Waals surface area contributed by atoms with Crippen LogP contribution in [0.5, 0.6) is 0 Å². The Labute approximate surface area is 120 Å². The first kappa shape index (κ1) is 13.2. The predicted molar refractivity (Wildman–Crippen MR) is 75.4 cm³/mol. The van der Waals surface area contributed by atoms with Crippen molar-refractivity contribution in [1.82, 2.24) is 24.2 Å². The van der Waals surface area contributed by atoms with Gasteiger partial charge in [0.05, 0.1) is 11.2 Å². The smallest absolute Gasteiger partial charge is 0.269 e. The Morgan fingerprint density at radius 2 is 2.20 bits per heavy atom. The van der Waals surface area contributed by atoms with Crippen molar-refractivity contribution in [1.29, 1.82) is 0 Å². The second-order valence-corrected chi connectivity index (χ2v) is 6.10. The van der Waals surface area contributed by atoms with Crippen LogP contribution >= 0.6 is 11.5 Å². The van der Waals surface area contributed by atoms with Gasteiger partial charge in [-0.2, -0.15) is 4.37 Å². The molecular weight excluding hydrogens is 276 g/mol. The van der Waals surface area contributed by atoms with Crippen LogP contribution in [0.15, 0.2) is 0 Å². The lowest BCUT2D eigenvalue weighted by Crippen LogP contribution is -2.46. The van der Waals surface area contributed by atoms with E-state index in [1.807, 2.05) is 25.3 Å². The highest BCUT2D eigenvalue weighted by molar-refractivity contribution is 7.09. The van der Waals surface area contributed by atoms with E-state index in [0.29, 0.717) is 22.4 Å². The number of nitrogens with zero attached hydrogens (tertiary/aromatic N) is 4. The molecule has 1 aliphatic rings. The van der Waals surface area contributed by atoms with E-state index in [1.165, 1.54) is 11.5 Å². The highest BCUT2D eigenvalue weighted by Gasteiger charge is 2.36. The van der Waals surface area contributed by atoms with Gasteiger partial charge >= 0.3 is 0 Å². The molecule has 0 aliphatic carbocycles. The Balaban J connectivity index is 2.26. The number of aromatic nitrogens is 4. The summed E-state index contributed by atoms with van der Waals surface area (Å²) in [5.74, 6) is 0.864. The molecule has 0 saturated carbocycles. The SMILES string of the molecule is Cc1nsc(-c2nc(C(N)=O)c3n2CCNC3(C)C)n1. The summed E-state index contributed by atoms with van der Waals surface area (Å²) in [7, 11) is 0. The first-order valence-electron chi connectivity index (χ1n) is 6.36. The molecule has 106 valence electrons. The Bertz CT molecular complexity index is 686. The fourth-order valence-corrected chi connectivity index (χ4v) is 3.26. The first-order valence-corrected chi connectivity index (χ1v) is 7.14. The Kier molecular flexibility index (Phi) is 2.87. The van der Waals surface area contributed by atoms with Crippen molar-refractivity contribution in [2.75, 3.05) is 6.54 Å². The van der Waals surface area contributed by atoms with Crippen LogP contribution in [0.1, 0.15) is 35.9 Å². The van der Waals surface area contributed by atoms with Gasteiger partial charge in [0.15, 0.2) is 16.5 Å². The van der Waals surface area contributed by atoms with E-state index in [4.69, 9.17) is 5.73 Å². The maximum absolute atomic E-state index is 11.7. The van der Waals surface area contributed by atoms with Gasteiger partial charge < -0.3 is 15.6 Å². The molecule has 1 amide bonds. The van der Waals surface area contributed by atoms with Gasteiger partial charge in [0.25, 0.3) is 5.91 Å². The molecule has 0 unspecified atom stereocenters. The molecule has 0 fully saturated rings. The van der Waals surface area contributed by atoms with Gasteiger partial charge in [-0.3, -0.25) is 4.79 Å². The second kappa shape index (κ2) is 4.35. The van der Waals surface area contributed by atoms with E-state index in [0.717, 1.165) is 18.8 Å². The number of nitrogens with two attached hydrogens (primary N) is 1. The summed E-state index contributed by atoms with van der Waals surface area (Å²) in [6.45, 7) is 7.40. The lowest BCUT2D eigenvalue weighted by Gasteiger charge is -2.33. The van der Waals surface area contributed by atoms with Crippen molar-refractivity contribution >= 4 is 17.4 Å². The maximum Gasteiger partial charge on any atom is 0.269 e. The molecule has 0 radical (unpaired) electrons. The Hall–Kier alpha value is -1.80. The summed E-state index contributed by atoms with van der Waals surface area (Å²) in [6.07, 6.45) is 0. The number of aryl methyl sites for hydroxylation is 1. The van der Waals surface area contributed by atoms with Gasteiger partial charge in [0.2, 0.25) is 0 Å². The van der Waals surface area contributed by atoms with E-state index in [1.54, 1.807) is 0 Å². The number of carbonyl (C=O) groups excluding carboxylic acids is 1. The zero-order valence-electron chi connectivity index (χ0n) is 11.6. The van der Waals surface area contributed by atoms with Gasteiger partial charge in [-0.1, -0.05) is 0 Å². The highest BCUT2D eigenvalue weighted by Crippen LogP contribution is 2.32. The minimum absolute atomic E-state index is 0.310. The molecule has 1 aliphatic heterocycles. The Morgan fingerprint density at radius 1 is 1.45 bits per heavy atom. The fraction of sp³-hybridized carbons (Fsp3) is 0.500. The number of amides is 1. The van der Waals surface area contributed by atoms with E-state index >= 15 is 0 Å². The summed E-state index contributed by atoms with van der Waals surface area (Å²) >= 11 is 1.28. The lowest BCUT2D eigenvalue weighted by atomic mass is 9.96. The summed E-state index contributed by atoms with van der Waals surface area (Å²) in [6, 6.07) is 0. The van der Waals surface area contributed by atoms with Gasteiger partial charge in [0, 0.05) is 13.1 Å². The molecule has 7 nitrogen and oxygen atoms in total. The molecule has 3 heterocycles. The van der Waals surface area contributed by atoms with E-state index in [9.17, 15) is 4.79 Å². The van der Waals surface area contributed by atoms with Crippen molar-refractivity contribution in [3.63, 3.8) is 0 Å². The Morgan fingerprint density at radius 3 is 2.80 bits per heavy atom. The second-order valence-electron chi connectivity index (χ2n) is 5.35. The number of hydrogen-bond donors (Lipinski definition) is 2. The maximum atomic E-state index is 11.7. The van der Waals surface area contributed by atoms with Crippen LogP contribution in [-0.4, -0.2) is 31.4 Å². The van der Waals surface area contributed by atoms with Crippen LogP contribution in [0.4, 0.5) is 0 Å². The number of fused-ring (bicyclic) bond motifs is 1. The van der Waals surface area contributed by atoms with Gasteiger partial charge in [-0.15, -0.1) is 0 Å². The zero-order valence-corrected chi connectivity index (χ0v) is 12.4. The fourth-order valence-electron chi connectivity index (χ4n) is 2.59. The van der Waals surface area contributed by atoms with E-state index < -0.39 is 5.91 Å². The number of hydrogen-bond acceptors (Lipinski definition) is 6. The largest absolute Gasteiger partial charge is 0.364 e. The molecule has 0 atom stereocenters. The van der Waals surface area contributed by atoms with Crippen molar-refractivity contribution in [2.24, 2.45) is 5.73 Å². The summed E-state index contributed by atoms with van der Waals surface area (Å²) in [5.41, 5.74) is 6.26. The first-order chi connectivity index (χ1) is 9.40. The molecule has 3 rings (SSSR count). The minimum atomic E-state index is -0.516. The standard InChI is InChI=1S/C12H16N6OS/c1-6-15-11(20-17-6)10-16-7(9(13)19)8-12(2,3)14-4-5-18(8)10/h14H,4-5H2,1-3H3,(H2,13,19). The summed E-state index contributed by atoms with van der Waals surface area (Å²) in [4.78, 5) is 20.5. The molecule has 2 aromatic heterocycles. The number of rotatable bonds is 2. The monoisotopic (exact) mass is 292 g/mol. The van der Waals surface area contributed by atoms with E-state index in [2.05, 4.69) is 19.7 Å². The van der Waals surface area contributed by atoms with Gasteiger partial charge in [-0.25, -0.2) is 9.97 Å². The average Bonchev–Trinajstić information content (AvgIpc) is 2.92. The third-order valence-corrected chi connectivity index (χ3v) is 4.22. The van der Waals surface area contributed by atoms with Crippen molar-refractivity contribution in [3.8, 4) is 10.8 Å². The molecule has 0 saturated heterocycles. The minimum Gasteiger partial charge on any atom is -0.364 e. The lowest BCUT2D eigenvalue weighted by molar-refractivity contribution is 0.0992. The van der Waals surface area contributed by atoms with Crippen LogP contribution in [0.25, 0.3) is 10.8 Å². The molecule has 3 N–H and O–H groups in total. The topological polar surface area (TPSA) is 98.7 Å². The molecule has 0 aromatic carbocycles.